The Hall–Kier alpha value is -1.32. The first kappa shape index (κ1) is 26.7. The van der Waals surface area contributed by atoms with Crippen LogP contribution in [0, 0.1) is 17.8 Å². The highest BCUT2D eigenvalue weighted by atomic mass is 16.5. The molecule has 0 aromatic carbocycles. The van der Waals surface area contributed by atoms with E-state index in [1.807, 2.05) is 12.2 Å². The van der Waals surface area contributed by atoms with E-state index in [9.17, 15) is 14.7 Å². The third-order valence-corrected chi connectivity index (χ3v) is 6.69. The number of aliphatic carboxylic acids is 1. The zero-order chi connectivity index (χ0) is 22.2. The fourth-order valence-corrected chi connectivity index (χ4v) is 4.32. The first-order valence-electron chi connectivity index (χ1n) is 12.6. The molecule has 0 aromatic heterocycles. The van der Waals surface area contributed by atoms with Crippen LogP contribution < -0.4 is 0 Å². The summed E-state index contributed by atoms with van der Waals surface area (Å²) in [5.74, 6) is -2.11. The molecular formula is C26H46O4. The van der Waals surface area contributed by atoms with Crippen molar-refractivity contribution in [3.05, 3.63) is 12.2 Å². The van der Waals surface area contributed by atoms with Crippen molar-refractivity contribution < 1.29 is 19.4 Å². The predicted octanol–water partition coefficient (Wildman–Crippen LogP) is 7.31. The van der Waals surface area contributed by atoms with Gasteiger partial charge < -0.3 is 9.84 Å². The van der Waals surface area contributed by atoms with Gasteiger partial charge in [0.15, 0.2) is 0 Å². The van der Waals surface area contributed by atoms with Crippen molar-refractivity contribution in [2.45, 2.75) is 123 Å². The van der Waals surface area contributed by atoms with Crippen LogP contribution in [0.3, 0.4) is 0 Å². The minimum Gasteiger partial charge on any atom is -0.481 e. The van der Waals surface area contributed by atoms with Gasteiger partial charge in [-0.15, -0.1) is 0 Å². The van der Waals surface area contributed by atoms with Gasteiger partial charge in [-0.3, -0.25) is 9.59 Å². The molecule has 1 aliphatic carbocycles. The van der Waals surface area contributed by atoms with Gasteiger partial charge in [0.1, 0.15) is 6.10 Å². The molecule has 0 fully saturated rings. The van der Waals surface area contributed by atoms with Crippen LogP contribution in [0.5, 0.6) is 0 Å². The van der Waals surface area contributed by atoms with Crippen LogP contribution in [0.25, 0.3) is 0 Å². The summed E-state index contributed by atoms with van der Waals surface area (Å²) < 4.78 is 5.88. The van der Waals surface area contributed by atoms with Gasteiger partial charge in [-0.05, 0) is 31.6 Å². The number of carbonyl (C=O) groups excluding carboxylic acids is 1. The quantitative estimate of drug-likeness (QED) is 0.152. The largest absolute Gasteiger partial charge is 0.481 e. The van der Waals surface area contributed by atoms with Crippen LogP contribution in [-0.2, 0) is 14.3 Å². The van der Waals surface area contributed by atoms with E-state index in [2.05, 4.69) is 20.8 Å². The topological polar surface area (TPSA) is 63.6 Å². The molecule has 1 rings (SSSR count). The lowest BCUT2D eigenvalue weighted by Gasteiger charge is -2.28. The summed E-state index contributed by atoms with van der Waals surface area (Å²) in [6.45, 7) is 6.51. The third-order valence-electron chi connectivity index (χ3n) is 6.69. The number of carboxylic acid groups (broad SMARTS) is 1. The first-order chi connectivity index (χ1) is 14.5. The minimum atomic E-state index is -0.897. The average Bonchev–Trinajstić information content (AvgIpc) is 2.75. The highest BCUT2D eigenvalue weighted by Crippen LogP contribution is 2.29. The number of ether oxygens (including phenoxy) is 1. The summed E-state index contributed by atoms with van der Waals surface area (Å²) in [4.78, 5) is 24.2. The van der Waals surface area contributed by atoms with Gasteiger partial charge in [-0.2, -0.15) is 0 Å². The second-order valence-corrected chi connectivity index (χ2v) is 9.18. The Morgan fingerprint density at radius 1 is 0.867 bits per heavy atom. The summed E-state index contributed by atoms with van der Waals surface area (Å²) in [5.41, 5.74) is 0. The van der Waals surface area contributed by atoms with Crippen molar-refractivity contribution in [3.8, 4) is 0 Å². The fraction of sp³-hybridized carbons (Fsp3) is 0.846. The van der Waals surface area contributed by atoms with Crippen molar-refractivity contribution in [2.24, 2.45) is 17.8 Å². The van der Waals surface area contributed by atoms with Crippen LogP contribution in [-0.4, -0.2) is 23.1 Å². The average molecular weight is 423 g/mol. The van der Waals surface area contributed by atoms with E-state index in [0.717, 1.165) is 19.3 Å². The number of unbranched alkanes of at least 4 members (excludes halogenated alkanes) is 10. The van der Waals surface area contributed by atoms with E-state index in [4.69, 9.17) is 4.74 Å². The number of allylic oxidation sites excluding steroid dienone is 2. The number of carboxylic acids is 1. The molecule has 0 amide bonds. The number of esters is 1. The van der Waals surface area contributed by atoms with Gasteiger partial charge >= 0.3 is 11.9 Å². The lowest BCUT2D eigenvalue weighted by Crippen LogP contribution is -2.36. The summed E-state index contributed by atoms with van der Waals surface area (Å²) in [7, 11) is 0. The van der Waals surface area contributed by atoms with Crippen LogP contribution in [0.4, 0.5) is 0 Å². The second-order valence-electron chi connectivity index (χ2n) is 9.18. The molecule has 4 unspecified atom stereocenters. The lowest BCUT2D eigenvalue weighted by atomic mass is 9.83. The van der Waals surface area contributed by atoms with Crippen molar-refractivity contribution in [1.82, 2.24) is 0 Å². The monoisotopic (exact) mass is 422 g/mol. The van der Waals surface area contributed by atoms with E-state index in [-0.39, 0.29) is 12.1 Å². The smallest absolute Gasteiger partial charge is 0.310 e. The zero-order valence-corrected chi connectivity index (χ0v) is 19.7. The lowest BCUT2D eigenvalue weighted by molar-refractivity contribution is -0.164. The Balaban J connectivity index is 2.29. The van der Waals surface area contributed by atoms with Gasteiger partial charge in [-0.1, -0.05) is 104 Å². The SMILES string of the molecule is CCCCCCCCCCCCCC(OC(=O)C1CC=CCC1C(=O)O)C(C)CC. The summed E-state index contributed by atoms with van der Waals surface area (Å²) in [6, 6.07) is 0. The predicted molar refractivity (Wildman–Crippen MR) is 123 cm³/mol. The molecule has 174 valence electrons. The Kier molecular flexibility index (Phi) is 14.6. The van der Waals surface area contributed by atoms with Crippen molar-refractivity contribution in [3.63, 3.8) is 0 Å². The third kappa shape index (κ3) is 10.6. The first-order valence-corrected chi connectivity index (χ1v) is 12.6. The minimum absolute atomic E-state index is 0.0959. The molecule has 1 aliphatic rings. The molecule has 0 aromatic rings. The number of carbonyl (C=O) groups is 2. The molecule has 4 heteroatoms. The van der Waals surface area contributed by atoms with E-state index >= 15 is 0 Å². The maximum absolute atomic E-state index is 12.7. The Morgan fingerprint density at radius 2 is 1.37 bits per heavy atom. The molecule has 4 atom stereocenters. The van der Waals surface area contributed by atoms with Crippen LogP contribution >= 0.6 is 0 Å². The van der Waals surface area contributed by atoms with Crippen molar-refractivity contribution >= 4 is 11.9 Å². The molecule has 0 saturated heterocycles. The van der Waals surface area contributed by atoms with Crippen LogP contribution in [0.15, 0.2) is 12.2 Å². The second kappa shape index (κ2) is 16.4. The van der Waals surface area contributed by atoms with Gasteiger partial charge in [0.25, 0.3) is 0 Å². The molecule has 0 saturated carbocycles. The Bertz CT molecular complexity index is 499. The highest BCUT2D eigenvalue weighted by Gasteiger charge is 2.36. The highest BCUT2D eigenvalue weighted by molar-refractivity contribution is 5.81. The molecule has 30 heavy (non-hydrogen) atoms. The maximum atomic E-state index is 12.7. The van der Waals surface area contributed by atoms with E-state index in [1.54, 1.807) is 0 Å². The molecule has 0 spiro atoms. The fourth-order valence-electron chi connectivity index (χ4n) is 4.32. The Morgan fingerprint density at radius 3 is 1.87 bits per heavy atom. The molecular weight excluding hydrogens is 376 g/mol. The van der Waals surface area contributed by atoms with Gasteiger partial charge in [-0.25, -0.2) is 0 Å². The molecule has 0 radical (unpaired) electrons. The number of hydrogen-bond acceptors (Lipinski definition) is 3. The standard InChI is InChI=1S/C26H46O4/c1-4-6-7-8-9-10-11-12-13-14-15-20-24(21(3)5-2)30-26(29)23-19-17-16-18-22(23)25(27)28/h16-17,21-24H,4-15,18-20H2,1-3H3,(H,27,28). The van der Waals surface area contributed by atoms with Gasteiger partial charge in [0, 0.05) is 0 Å². The molecule has 1 N–H and O–H groups in total. The van der Waals surface area contributed by atoms with Crippen molar-refractivity contribution in [2.75, 3.05) is 0 Å². The molecule has 4 nitrogen and oxygen atoms in total. The van der Waals surface area contributed by atoms with Crippen LogP contribution in [0.2, 0.25) is 0 Å². The summed E-state index contributed by atoms with van der Waals surface area (Å²) in [5, 5.41) is 9.42. The normalized spacial score (nSPS) is 20.6. The number of rotatable bonds is 17. The Labute approximate surface area is 184 Å². The maximum Gasteiger partial charge on any atom is 0.310 e. The molecule has 0 heterocycles. The van der Waals surface area contributed by atoms with E-state index in [1.165, 1.54) is 64.2 Å². The van der Waals surface area contributed by atoms with Crippen molar-refractivity contribution in [1.29, 1.82) is 0 Å². The summed E-state index contributed by atoms with van der Waals surface area (Å²) in [6.07, 6.45) is 20.8. The molecule has 0 aliphatic heterocycles. The number of hydrogen-bond donors (Lipinski definition) is 1. The van der Waals surface area contributed by atoms with Crippen LogP contribution in [0.1, 0.15) is 117 Å². The van der Waals surface area contributed by atoms with E-state index in [0.29, 0.717) is 18.8 Å². The van der Waals surface area contributed by atoms with Gasteiger partial charge in [0.05, 0.1) is 11.8 Å². The molecule has 0 bridgehead atoms. The summed E-state index contributed by atoms with van der Waals surface area (Å²) >= 11 is 0. The zero-order valence-electron chi connectivity index (χ0n) is 19.7. The van der Waals surface area contributed by atoms with E-state index < -0.39 is 17.8 Å². The van der Waals surface area contributed by atoms with Gasteiger partial charge in [0.2, 0.25) is 0 Å².